The predicted molar refractivity (Wildman–Crippen MR) is 91.7 cm³/mol. The summed E-state index contributed by atoms with van der Waals surface area (Å²) in [6.07, 6.45) is 0. The van der Waals surface area contributed by atoms with Crippen molar-refractivity contribution in [3.8, 4) is 5.75 Å². The van der Waals surface area contributed by atoms with Crippen LogP contribution in [0.5, 0.6) is 5.75 Å². The van der Waals surface area contributed by atoms with E-state index in [1.165, 1.54) is 12.1 Å². The van der Waals surface area contributed by atoms with Crippen molar-refractivity contribution in [3.63, 3.8) is 0 Å². The van der Waals surface area contributed by atoms with Crippen molar-refractivity contribution >= 4 is 23.5 Å². The maximum absolute atomic E-state index is 11.9. The first kappa shape index (κ1) is 18.0. The van der Waals surface area contributed by atoms with Crippen LogP contribution in [-0.4, -0.2) is 36.0 Å². The molecule has 0 aliphatic carbocycles. The fourth-order valence-electron chi connectivity index (χ4n) is 1.94. The Morgan fingerprint density at radius 1 is 1.00 bits per heavy atom. The first-order chi connectivity index (χ1) is 11.9. The van der Waals surface area contributed by atoms with Gasteiger partial charge in [0.2, 0.25) is 0 Å². The smallest absolute Gasteiger partial charge is 0.322 e. The predicted octanol–water partition coefficient (Wildman–Crippen LogP) is 1.83. The first-order valence-corrected chi connectivity index (χ1v) is 7.53. The van der Waals surface area contributed by atoms with Crippen LogP contribution in [0.25, 0.3) is 0 Å². The second-order valence-electron chi connectivity index (χ2n) is 5.30. The van der Waals surface area contributed by atoms with Gasteiger partial charge in [-0.3, -0.25) is 14.4 Å². The molecule has 0 bridgehead atoms. The van der Waals surface area contributed by atoms with Gasteiger partial charge in [-0.15, -0.1) is 0 Å². The van der Waals surface area contributed by atoms with Crippen molar-refractivity contribution < 1.29 is 24.2 Å². The van der Waals surface area contributed by atoms with Crippen molar-refractivity contribution in [2.24, 2.45) is 0 Å². The number of carboxylic acid groups (broad SMARTS) is 1. The lowest BCUT2D eigenvalue weighted by Crippen LogP contribution is -2.29. The zero-order chi connectivity index (χ0) is 18.2. The topological polar surface area (TPSA) is 105 Å². The van der Waals surface area contributed by atoms with E-state index in [2.05, 4.69) is 10.6 Å². The van der Waals surface area contributed by atoms with E-state index in [1.54, 1.807) is 24.3 Å². The SMILES string of the molecule is Cc1ccc(OCC(=O)Nc2ccc(C(=O)NCC(=O)O)cc2)cc1. The molecular formula is C18H18N2O5. The van der Waals surface area contributed by atoms with Crippen LogP contribution in [0.3, 0.4) is 0 Å². The molecule has 2 rings (SSSR count). The highest BCUT2D eigenvalue weighted by atomic mass is 16.5. The standard InChI is InChI=1S/C18H18N2O5/c1-12-2-8-15(9-3-12)25-11-16(21)20-14-6-4-13(5-7-14)18(24)19-10-17(22)23/h2-9H,10-11H2,1H3,(H,19,24)(H,20,21)(H,22,23). The van der Waals surface area contributed by atoms with Gasteiger partial charge >= 0.3 is 5.97 Å². The summed E-state index contributed by atoms with van der Waals surface area (Å²) in [5, 5.41) is 13.4. The van der Waals surface area contributed by atoms with Gasteiger partial charge in [0.1, 0.15) is 12.3 Å². The Morgan fingerprint density at radius 2 is 1.64 bits per heavy atom. The fourth-order valence-corrected chi connectivity index (χ4v) is 1.94. The van der Waals surface area contributed by atoms with Gasteiger partial charge in [-0.25, -0.2) is 0 Å². The van der Waals surface area contributed by atoms with E-state index in [4.69, 9.17) is 9.84 Å². The van der Waals surface area contributed by atoms with Gasteiger partial charge in [0.05, 0.1) is 0 Å². The summed E-state index contributed by atoms with van der Waals surface area (Å²) < 4.78 is 5.38. The molecule has 7 heteroatoms. The zero-order valence-corrected chi connectivity index (χ0v) is 13.6. The summed E-state index contributed by atoms with van der Waals surface area (Å²) in [7, 11) is 0. The molecule has 0 atom stereocenters. The molecule has 0 radical (unpaired) electrons. The molecule has 0 aliphatic rings. The van der Waals surface area contributed by atoms with Gasteiger partial charge in [-0.1, -0.05) is 17.7 Å². The minimum atomic E-state index is -1.12. The molecule has 0 aliphatic heterocycles. The molecule has 25 heavy (non-hydrogen) atoms. The van der Waals surface area contributed by atoms with Crippen molar-refractivity contribution in [3.05, 3.63) is 59.7 Å². The number of anilines is 1. The number of nitrogens with one attached hydrogen (secondary N) is 2. The van der Waals surface area contributed by atoms with Crippen LogP contribution in [0.15, 0.2) is 48.5 Å². The molecule has 2 amide bonds. The normalized spacial score (nSPS) is 9.96. The molecule has 0 aromatic heterocycles. The minimum Gasteiger partial charge on any atom is -0.484 e. The van der Waals surface area contributed by atoms with E-state index in [0.29, 0.717) is 17.0 Å². The highest BCUT2D eigenvalue weighted by molar-refractivity contribution is 5.97. The highest BCUT2D eigenvalue weighted by Crippen LogP contribution is 2.12. The summed E-state index contributed by atoms with van der Waals surface area (Å²) in [5.74, 6) is -1.34. The summed E-state index contributed by atoms with van der Waals surface area (Å²) in [5.41, 5.74) is 1.91. The van der Waals surface area contributed by atoms with Crippen LogP contribution in [0.1, 0.15) is 15.9 Å². The Kier molecular flexibility index (Phi) is 6.11. The molecule has 130 valence electrons. The second-order valence-corrected chi connectivity index (χ2v) is 5.30. The Hall–Kier alpha value is -3.35. The van der Waals surface area contributed by atoms with Crippen molar-refractivity contribution in [1.82, 2.24) is 5.32 Å². The second kappa shape index (κ2) is 8.49. The monoisotopic (exact) mass is 342 g/mol. The number of aliphatic carboxylic acids is 1. The molecule has 0 unspecified atom stereocenters. The van der Waals surface area contributed by atoms with Crippen LogP contribution in [-0.2, 0) is 9.59 Å². The van der Waals surface area contributed by atoms with Gasteiger partial charge in [0, 0.05) is 11.3 Å². The van der Waals surface area contributed by atoms with Crippen LogP contribution < -0.4 is 15.4 Å². The molecule has 0 fully saturated rings. The van der Waals surface area contributed by atoms with Crippen molar-refractivity contribution in [2.75, 3.05) is 18.5 Å². The van der Waals surface area contributed by atoms with E-state index in [1.807, 2.05) is 19.1 Å². The third kappa shape index (κ3) is 5.98. The van der Waals surface area contributed by atoms with Gasteiger partial charge < -0.3 is 20.5 Å². The largest absolute Gasteiger partial charge is 0.484 e. The number of ether oxygens (including phenoxy) is 1. The van der Waals surface area contributed by atoms with Crippen molar-refractivity contribution in [1.29, 1.82) is 0 Å². The molecule has 0 saturated carbocycles. The summed E-state index contributed by atoms with van der Waals surface area (Å²) in [4.78, 5) is 34.0. The van der Waals surface area contributed by atoms with Gasteiger partial charge in [0.25, 0.3) is 11.8 Å². The summed E-state index contributed by atoms with van der Waals surface area (Å²) in [6, 6.07) is 13.4. The van der Waals surface area contributed by atoms with Gasteiger partial charge in [-0.2, -0.15) is 0 Å². The summed E-state index contributed by atoms with van der Waals surface area (Å²) >= 11 is 0. The van der Waals surface area contributed by atoms with Gasteiger partial charge in [-0.05, 0) is 43.3 Å². The fraction of sp³-hybridized carbons (Fsp3) is 0.167. The van der Waals surface area contributed by atoms with Gasteiger partial charge in [0.15, 0.2) is 6.61 Å². The third-order valence-electron chi connectivity index (χ3n) is 3.22. The quantitative estimate of drug-likeness (QED) is 0.712. The van der Waals surface area contributed by atoms with E-state index < -0.39 is 18.4 Å². The number of rotatable bonds is 7. The van der Waals surface area contributed by atoms with Crippen LogP contribution >= 0.6 is 0 Å². The molecular weight excluding hydrogens is 324 g/mol. The Morgan fingerprint density at radius 3 is 2.24 bits per heavy atom. The Bertz CT molecular complexity index is 754. The third-order valence-corrected chi connectivity index (χ3v) is 3.22. The number of amides is 2. The molecule has 7 nitrogen and oxygen atoms in total. The number of carbonyl (C=O) groups is 3. The Labute approximate surface area is 144 Å². The molecule has 2 aromatic carbocycles. The maximum Gasteiger partial charge on any atom is 0.322 e. The number of hydrogen-bond acceptors (Lipinski definition) is 4. The first-order valence-electron chi connectivity index (χ1n) is 7.53. The molecule has 0 spiro atoms. The van der Waals surface area contributed by atoms with Crippen LogP contribution in [0.4, 0.5) is 5.69 Å². The Balaban J connectivity index is 1.83. The van der Waals surface area contributed by atoms with E-state index in [9.17, 15) is 14.4 Å². The number of carbonyl (C=O) groups excluding carboxylic acids is 2. The van der Waals surface area contributed by atoms with Crippen molar-refractivity contribution in [2.45, 2.75) is 6.92 Å². The number of hydrogen-bond donors (Lipinski definition) is 3. The molecule has 2 aromatic rings. The lowest BCUT2D eigenvalue weighted by atomic mass is 10.2. The molecule has 0 saturated heterocycles. The van der Waals surface area contributed by atoms with E-state index in [-0.39, 0.29) is 12.5 Å². The summed E-state index contributed by atoms with van der Waals surface area (Å²) in [6.45, 7) is 1.37. The highest BCUT2D eigenvalue weighted by Gasteiger charge is 2.08. The number of aryl methyl sites for hydroxylation is 1. The number of carboxylic acids is 1. The lowest BCUT2D eigenvalue weighted by Gasteiger charge is -2.08. The van der Waals surface area contributed by atoms with E-state index >= 15 is 0 Å². The molecule has 0 heterocycles. The van der Waals surface area contributed by atoms with Crippen LogP contribution in [0, 0.1) is 6.92 Å². The van der Waals surface area contributed by atoms with E-state index in [0.717, 1.165) is 5.56 Å². The zero-order valence-electron chi connectivity index (χ0n) is 13.6. The lowest BCUT2D eigenvalue weighted by molar-refractivity contribution is -0.135. The average molecular weight is 342 g/mol. The number of benzene rings is 2. The molecule has 3 N–H and O–H groups in total. The van der Waals surface area contributed by atoms with Crippen LogP contribution in [0.2, 0.25) is 0 Å². The minimum absolute atomic E-state index is 0.135. The maximum atomic E-state index is 11.9. The average Bonchev–Trinajstić information content (AvgIpc) is 2.60.